The van der Waals surface area contributed by atoms with Gasteiger partial charge >= 0.3 is 0 Å². The molecule has 0 saturated carbocycles. The number of H-pyrrole nitrogens is 1. The van der Waals surface area contributed by atoms with Gasteiger partial charge in [-0.25, -0.2) is 4.98 Å². The van der Waals surface area contributed by atoms with Crippen LogP contribution in [-0.2, 0) is 4.79 Å². The zero-order valence-electron chi connectivity index (χ0n) is 23.0. The number of benzene rings is 2. The lowest BCUT2D eigenvalue weighted by atomic mass is 9.98. The van der Waals surface area contributed by atoms with E-state index < -0.39 is 0 Å². The highest BCUT2D eigenvalue weighted by atomic mass is 16.5. The molecule has 2 aromatic carbocycles. The van der Waals surface area contributed by atoms with Gasteiger partial charge in [0.05, 0.1) is 24.9 Å². The molecule has 2 aromatic heterocycles. The first kappa shape index (κ1) is 26.9. The number of fused-ring (bicyclic) bond motifs is 1. The Labute approximate surface area is 223 Å². The highest BCUT2D eigenvalue weighted by Gasteiger charge is 2.19. The first-order valence-corrected chi connectivity index (χ1v) is 12.6. The number of hydrogen-bond acceptors (Lipinski definition) is 5. The number of likely N-dealkylation sites (N-methyl/N-ethyl adjacent to an activating group) is 1. The smallest absolute Gasteiger partial charge is 0.255 e. The van der Waals surface area contributed by atoms with Crippen molar-refractivity contribution in [2.24, 2.45) is 0 Å². The van der Waals surface area contributed by atoms with Crippen molar-refractivity contribution >= 4 is 28.5 Å². The molecular formula is C30H35N5O3. The Kier molecular flexibility index (Phi) is 7.83. The molecule has 0 fully saturated rings. The largest absolute Gasteiger partial charge is 0.496 e. The van der Waals surface area contributed by atoms with Crippen LogP contribution in [0.2, 0.25) is 0 Å². The first-order valence-electron chi connectivity index (χ1n) is 12.6. The van der Waals surface area contributed by atoms with Gasteiger partial charge in [-0.05, 0) is 63.7 Å². The lowest BCUT2D eigenvalue weighted by Gasteiger charge is -2.21. The van der Waals surface area contributed by atoms with Crippen molar-refractivity contribution in [3.8, 4) is 28.0 Å². The highest BCUT2D eigenvalue weighted by molar-refractivity contribution is 6.05. The van der Waals surface area contributed by atoms with E-state index in [4.69, 9.17) is 4.74 Å². The summed E-state index contributed by atoms with van der Waals surface area (Å²) in [5.41, 5.74) is 6.43. The molecule has 2 amide bonds. The van der Waals surface area contributed by atoms with Crippen LogP contribution in [0.3, 0.4) is 0 Å². The second kappa shape index (κ2) is 11.1. The summed E-state index contributed by atoms with van der Waals surface area (Å²) in [6.45, 7) is 6.33. The van der Waals surface area contributed by atoms with Crippen LogP contribution in [0.25, 0.3) is 33.3 Å². The van der Waals surface area contributed by atoms with E-state index in [1.807, 2.05) is 63.2 Å². The summed E-state index contributed by atoms with van der Waals surface area (Å²) in [4.78, 5) is 37.1. The third kappa shape index (κ3) is 5.55. The maximum Gasteiger partial charge on any atom is 0.255 e. The van der Waals surface area contributed by atoms with Crippen molar-refractivity contribution in [2.45, 2.75) is 26.8 Å². The molecule has 8 nitrogen and oxygen atoms in total. The molecule has 0 bridgehead atoms. The van der Waals surface area contributed by atoms with E-state index in [9.17, 15) is 9.59 Å². The van der Waals surface area contributed by atoms with Crippen LogP contribution in [0.4, 0.5) is 5.69 Å². The monoisotopic (exact) mass is 513 g/mol. The number of aryl methyl sites for hydroxylation is 1. The van der Waals surface area contributed by atoms with Gasteiger partial charge in [0.2, 0.25) is 5.91 Å². The predicted molar refractivity (Wildman–Crippen MR) is 153 cm³/mol. The minimum atomic E-state index is -0.194. The molecule has 0 saturated heterocycles. The molecule has 4 rings (SSSR count). The fourth-order valence-corrected chi connectivity index (χ4v) is 4.27. The van der Waals surface area contributed by atoms with Gasteiger partial charge in [0.15, 0.2) is 0 Å². The third-order valence-corrected chi connectivity index (χ3v) is 6.71. The number of nitrogens with zero attached hydrogens (tertiary/aromatic N) is 3. The standard InChI is InChI=1S/C30H35N5O3/c1-18(2)35(6)17-28(36)33-26-10-9-20(13-24(26)30(37)34(4)5)21-14-23-25(16-32-29(23)31-15-21)22-12-19(3)8-11-27(22)38-7/h8-16,18H,17H2,1-7H3,(H,31,32)(H,33,36). The van der Waals surface area contributed by atoms with E-state index in [-0.39, 0.29) is 24.4 Å². The Hall–Kier alpha value is -4.17. The Morgan fingerprint density at radius 1 is 1.03 bits per heavy atom. The third-order valence-electron chi connectivity index (χ3n) is 6.71. The van der Waals surface area contributed by atoms with E-state index >= 15 is 0 Å². The quantitative estimate of drug-likeness (QED) is 0.338. The molecule has 0 atom stereocenters. The van der Waals surface area contributed by atoms with Crippen LogP contribution in [0.5, 0.6) is 5.75 Å². The van der Waals surface area contributed by atoms with Crippen LogP contribution in [-0.4, -0.2) is 72.4 Å². The van der Waals surface area contributed by atoms with Gasteiger partial charge in [-0.2, -0.15) is 0 Å². The van der Waals surface area contributed by atoms with Gasteiger partial charge in [0.25, 0.3) is 5.91 Å². The van der Waals surface area contributed by atoms with E-state index in [0.717, 1.165) is 44.6 Å². The molecule has 2 heterocycles. The number of aromatic amines is 1. The van der Waals surface area contributed by atoms with Crippen molar-refractivity contribution in [3.05, 3.63) is 66.0 Å². The van der Waals surface area contributed by atoms with Crippen LogP contribution in [0, 0.1) is 6.92 Å². The second-order valence-electron chi connectivity index (χ2n) is 10.0. The Morgan fingerprint density at radius 2 is 1.79 bits per heavy atom. The van der Waals surface area contributed by atoms with Gasteiger partial charge in [0, 0.05) is 54.6 Å². The van der Waals surface area contributed by atoms with Crippen molar-refractivity contribution in [1.82, 2.24) is 19.8 Å². The summed E-state index contributed by atoms with van der Waals surface area (Å²) in [5, 5.41) is 3.87. The Morgan fingerprint density at radius 3 is 2.47 bits per heavy atom. The molecule has 0 unspecified atom stereocenters. The number of ether oxygens (including phenoxy) is 1. The second-order valence-corrected chi connectivity index (χ2v) is 10.0. The predicted octanol–water partition coefficient (Wildman–Crippen LogP) is 5.19. The summed E-state index contributed by atoms with van der Waals surface area (Å²) in [6.07, 6.45) is 3.72. The first-order chi connectivity index (χ1) is 18.1. The Bertz CT molecular complexity index is 1490. The van der Waals surface area contributed by atoms with Crippen molar-refractivity contribution in [2.75, 3.05) is 40.1 Å². The van der Waals surface area contributed by atoms with E-state index in [1.54, 1.807) is 33.5 Å². The van der Waals surface area contributed by atoms with Crippen molar-refractivity contribution < 1.29 is 14.3 Å². The normalized spacial score (nSPS) is 11.3. The molecule has 38 heavy (non-hydrogen) atoms. The lowest BCUT2D eigenvalue weighted by Crippen LogP contribution is -2.35. The molecule has 4 aromatic rings. The highest BCUT2D eigenvalue weighted by Crippen LogP contribution is 2.37. The van der Waals surface area contributed by atoms with Crippen LogP contribution >= 0.6 is 0 Å². The minimum absolute atomic E-state index is 0.172. The fraction of sp³-hybridized carbons (Fsp3) is 0.300. The van der Waals surface area contributed by atoms with Gasteiger partial charge in [-0.15, -0.1) is 0 Å². The Balaban J connectivity index is 1.75. The summed E-state index contributed by atoms with van der Waals surface area (Å²) in [7, 11) is 6.95. The van der Waals surface area contributed by atoms with Gasteiger partial charge in [-0.3, -0.25) is 14.5 Å². The average molecular weight is 514 g/mol. The zero-order chi connectivity index (χ0) is 27.6. The number of anilines is 1. The molecule has 0 radical (unpaired) electrons. The maximum atomic E-state index is 13.1. The number of carbonyl (C=O) groups excluding carboxylic acids is 2. The van der Waals surface area contributed by atoms with Crippen LogP contribution < -0.4 is 10.1 Å². The summed E-state index contributed by atoms with van der Waals surface area (Å²) < 4.78 is 5.62. The molecule has 0 spiro atoms. The molecule has 198 valence electrons. The van der Waals surface area contributed by atoms with Gasteiger partial charge < -0.3 is 19.9 Å². The number of carbonyl (C=O) groups is 2. The molecule has 0 aliphatic rings. The zero-order valence-corrected chi connectivity index (χ0v) is 23.0. The van der Waals surface area contributed by atoms with Crippen LogP contribution in [0.15, 0.2) is 54.9 Å². The van der Waals surface area contributed by atoms with E-state index in [2.05, 4.69) is 27.4 Å². The van der Waals surface area contributed by atoms with Crippen molar-refractivity contribution in [3.63, 3.8) is 0 Å². The van der Waals surface area contributed by atoms with Crippen molar-refractivity contribution in [1.29, 1.82) is 0 Å². The molecule has 2 N–H and O–H groups in total. The number of pyridine rings is 1. The molecule has 0 aliphatic carbocycles. The van der Waals surface area contributed by atoms with Crippen LogP contribution in [0.1, 0.15) is 29.8 Å². The van der Waals surface area contributed by atoms with E-state index in [1.165, 1.54) is 4.90 Å². The number of hydrogen-bond donors (Lipinski definition) is 2. The minimum Gasteiger partial charge on any atom is -0.496 e. The SMILES string of the molecule is COc1ccc(C)cc1-c1c[nH]c2ncc(-c3ccc(NC(=O)CN(C)C(C)C)c(C(=O)N(C)C)c3)cc12. The fourth-order valence-electron chi connectivity index (χ4n) is 4.27. The number of aromatic nitrogens is 2. The molecular weight excluding hydrogens is 478 g/mol. The summed E-state index contributed by atoms with van der Waals surface area (Å²) in [6, 6.07) is 13.9. The molecule has 0 aliphatic heterocycles. The number of amides is 2. The van der Waals surface area contributed by atoms with Gasteiger partial charge in [0.1, 0.15) is 11.4 Å². The topological polar surface area (TPSA) is 90.6 Å². The van der Waals surface area contributed by atoms with Gasteiger partial charge in [-0.1, -0.05) is 17.7 Å². The summed E-state index contributed by atoms with van der Waals surface area (Å²) in [5.74, 6) is 0.415. The average Bonchev–Trinajstić information content (AvgIpc) is 3.31. The van der Waals surface area contributed by atoms with E-state index in [0.29, 0.717) is 11.3 Å². The lowest BCUT2D eigenvalue weighted by molar-refractivity contribution is -0.117. The number of methoxy groups -OCH3 is 1. The maximum absolute atomic E-state index is 13.1. The number of rotatable bonds is 8. The summed E-state index contributed by atoms with van der Waals surface area (Å²) >= 11 is 0. The number of nitrogens with one attached hydrogen (secondary N) is 2. The molecule has 8 heteroatoms.